The number of benzene rings is 1. The van der Waals surface area contributed by atoms with E-state index in [1.807, 2.05) is 6.92 Å². The van der Waals surface area contributed by atoms with Crippen LogP contribution in [0.15, 0.2) is 52.0 Å². The number of hydrogen-bond acceptors (Lipinski definition) is 3. The van der Waals surface area contributed by atoms with Crippen LogP contribution in [-0.4, -0.2) is 13.4 Å². The quantitative estimate of drug-likeness (QED) is 0.943. The molecular formula is C12H11BrN2O2S. The third kappa shape index (κ3) is 2.88. The van der Waals surface area contributed by atoms with E-state index < -0.39 is 10.0 Å². The SMILES string of the molecule is Cc1cc(NS(=O)(=O)c2ccccc2)ncc1Br. The second-order valence-electron chi connectivity index (χ2n) is 3.74. The molecule has 0 aliphatic heterocycles. The lowest BCUT2D eigenvalue weighted by molar-refractivity contribution is 0.601. The number of nitrogens with zero attached hydrogens (tertiary/aromatic N) is 1. The van der Waals surface area contributed by atoms with Crippen LogP contribution in [0.5, 0.6) is 0 Å². The van der Waals surface area contributed by atoms with E-state index in [2.05, 4.69) is 25.6 Å². The number of rotatable bonds is 3. The van der Waals surface area contributed by atoms with Gasteiger partial charge in [-0.3, -0.25) is 4.72 Å². The molecule has 94 valence electrons. The molecule has 2 aromatic rings. The largest absolute Gasteiger partial charge is 0.263 e. The summed E-state index contributed by atoms with van der Waals surface area (Å²) in [6.45, 7) is 1.87. The average molecular weight is 327 g/mol. The predicted molar refractivity (Wildman–Crippen MR) is 73.9 cm³/mol. The summed E-state index contributed by atoms with van der Waals surface area (Å²) in [6, 6.07) is 9.86. The molecule has 1 heterocycles. The Morgan fingerprint density at radius 3 is 2.50 bits per heavy atom. The van der Waals surface area contributed by atoms with Crippen LogP contribution in [0.3, 0.4) is 0 Å². The summed E-state index contributed by atoms with van der Waals surface area (Å²) in [4.78, 5) is 4.23. The first-order chi connectivity index (χ1) is 8.49. The number of halogens is 1. The smallest absolute Gasteiger partial charge is 0.263 e. The molecule has 0 saturated carbocycles. The van der Waals surface area contributed by atoms with Gasteiger partial charge in [-0.05, 0) is 46.6 Å². The Bertz CT molecular complexity index is 657. The first-order valence-electron chi connectivity index (χ1n) is 5.19. The van der Waals surface area contributed by atoms with E-state index in [4.69, 9.17) is 0 Å². The van der Waals surface area contributed by atoms with Gasteiger partial charge in [0.25, 0.3) is 10.0 Å². The molecule has 0 atom stereocenters. The molecule has 0 fully saturated rings. The van der Waals surface area contributed by atoms with Gasteiger partial charge in [-0.1, -0.05) is 18.2 Å². The minimum absolute atomic E-state index is 0.215. The Labute approximate surface area is 114 Å². The zero-order valence-electron chi connectivity index (χ0n) is 9.59. The van der Waals surface area contributed by atoms with Gasteiger partial charge in [0.1, 0.15) is 5.82 Å². The van der Waals surface area contributed by atoms with E-state index in [0.29, 0.717) is 5.82 Å². The highest BCUT2D eigenvalue weighted by Gasteiger charge is 2.14. The van der Waals surface area contributed by atoms with Crippen molar-refractivity contribution < 1.29 is 8.42 Å². The van der Waals surface area contributed by atoms with Crippen LogP contribution in [-0.2, 0) is 10.0 Å². The summed E-state index contributed by atoms with van der Waals surface area (Å²) in [5.41, 5.74) is 0.913. The van der Waals surface area contributed by atoms with Crippen LogP contribution in [0.2, 0.25) is 0 Å². The van der Waals surface area contributed by atoms with Gasteiger partial charge in [0.2, 0.25) is 0 Å². The van der Waals surface area contributed by atoms with Crippen LogP contribution in [0.1, 0.15) is 5.56 Å². The molecule has 2 rings (SSSR count). The fourth-order valence-electron chi connectivity index (χ4n) is 1.39. The summed E-state index contributed by atoms with van der Waals surface area (Å²) in [6.07, 6.45) is 1.57. The molecule has 1 aromatic heterocycles. The lowest BCUT2D eigenvalue weighted by Gasteiger charge is -2.08. The van der Waals surface area contributed by atoms with Crippen molar-refractivity contribution in [2.45, 2.75) is 11.8 Å². The predicted octanol–water partition coefficient (Wildman–Crippen LogP) is 2.95. The van der Waals surface area contributed by atoms with E-state index >= 15 is 0 Å². The first-order valence-corrected chi connectivity index (χ1v) is 7.47. The van der Waals surface area contributed by atoms with Gasteiger partial charge >= 0.3 is 0 Å². The summed E-state index contributed by atoms with van der Waals surface area (Å²) in [7, 11) is -3.57. The zero-order valence-corrected chi connectivity index (χ0v) is 12.0. The monoisotopic (exact) mass is 326 g/mol. The summed E-state index contributed by atoms with van der Waals surface area (Å²) in [5.74, 6) is 0.305. The van der Waals surface area contributed by atoms with Crippen LogP contribution < -0.4 is 4.72 Å². The highest BCUT2D eigenvalue weighted by atomic mass is 79.9. The van der Waals surface area contributed by atoms with Gasteiger partial charge in [0, 0.05) is 10.7 Å². The molecule has 0 amide bonds. The number of aryl methyl sites for hydroxylation is 1. The van der Waals surface area contributed by atoms with Crippen molar-refractivity contribution in [3.8, 4) is 0 Å². The van der Waals surface area contributed by atoms with E-state index in [1.165, 1.54) is 12.1 Å². The van der Waals surface area contributed by atoms with Gasteiger partial charge in [0.15, 0.2) is 0 Å². The lowest BCUT2D eigenvalue weighted by Crippen LogP contribution is -2.13. The minimum Gasteiger partial charge on any atom is -0.263 e. The zero-order chi connectivity index (χ0) is 13.2. The standard InChI is InChI=1S/C12H11BrN2O2S/c1-9-7-12(14-8-11(9)13)15-18(16,17)10-5-3-2-4-6-10/h2-8H,1H3,(H,14,15). The third-order valence-electron chi connectivity index (χ3n) is 2.34. The second kappa shape index (κ2) is 5.07. The van der Waals surface area contributed by atoms with E-state index in [9.17, 15) is 8.42 Å². The Morgan fingerprint density at radius 2 is 1.89 bits per heavy atom. The van der Waals surface area contributed by atoms with Gasteiger partial charge in [-0.15, -0.1) is 0 Å². The summed E-state index contributed by atoms with van der Waals surface area (Å²) in [5, 5.41) is 0. The van der Waals surface area contributed by atoms with Crippen molar-refractivity contribution in [3.05, 3.63) is 52.6 Å². The molecule has 0 unspecified atom stereocenters. The molecule has 0 spiro atoms. The molecule has 4 nitrogen and oxygen atoms in total. The average Bonchev–Trinajstić information content (AvgIpc) is 2.35. The molecular weight excluding hydrogens is 316 g/mol. The fraction of sp³-hybridized carbons (Fsp3) is 0.0833. The van der Waals surface area contributed by atoms with Crippen LogP contribution >= 0.6 is 15.9 Å². The molecule has 6 heteroatoms. The van der Waals surface area contributed by atoms with Gasteiger partial charge in [-0.2, -0.15) is 0 Å². The summed E-state index contributed by atoms with van der Waals surface area (Å²) >= 11 is 3.31. The number of sulfonamides is 1. The van der Waals surface area contributed by atoms with Crippen LogP contribution in [0.4, 0.5) is 5.82 Å². The Hall–Kier alpha value is -1.40. The van der Waals surface area contributed by atoms with Gasteiger partial charge < -0.3 is 0 Å². The van der Waals surface area contributed by atoms with E-state index in [0.717, 1.165) is 10.0 Å². The first kappa shape index (κ1) is 13.0. The molecule has 0 saturated heterocycles. The number of nitrogens with one attached hydrogen (secondary N) is 1. The van der Waals surface area contributed by atoms with Crippen molar-refractivity contribution in [1.29, 1.82) is 0 Å². The molecule has 0 radical (unpaired) electrons. The third-order valence-corrected chi connectivity index (χ3v) is 4.54. The second-order valence-corrected chi connectivity index (χ2v) is 6.27. The molecule has 18 heavy (non-hydrogen) atoms. The fourth-order valence-corrected chi connectivity index (χ4v) is 2.63. The maximum absolute atomic E-state index is 12.0. The van der Waals surface area contributed by atoms with Gasteiger partial charge in [-0.25, -0.2) is 13.4 Å². The van der Waals surface area contributed by atoms with Crippen molar-refractivity contribution >= 4 is 31.8 Å². The van der Waals surface area contributed by atoms with Crippen molar-refractivity contribution in [3.63, 3.8) is 0 Å². The van der Waals surface area contributed by atoms with Crippen LogP contribution in [0.25, 0.3) is 0 Å². The maximum Gasteiger partial charge on any atom is 0.263 e. The van der Waals surface area contributed by atoms with Gasteiger partial charge in [0.05, 0.1) is 4.90 Å². The molecule has 1 aromatic carbocycles. The van der Waals surface area contributed by atoms with Crippen molar-refractivity contribution in [2.75, 3.05) is 4.72 Å². The van der Waals surface area contributed by atoms with Crippen molar-refractivity contribution in [1.82, 2.24) is 4.98 Å². The Balaban J connectivity index is 2.31. The molecule has 0 aliphatic carbocycles. The molecule has 0 bridgehead atoms. The topological polar surface area (TPSA) is 59.1 Å². The number of aromatic nitrogens is 1. The Morgan fingerprint density at radius 1 is 1.22 bits per heavy atom. The lowest BCUT2D eigenvalue weighted by atomic mass is 10.3. The number of anilines is 1. The van der Waals surface area contributed by atoms with Crippen LogP contribution in [0, 0.1) is 6.92 Å². The highest BCUT2D eigenvalue weighted by Crippen LogP contribution is 2.19. The summed E-state index contributed by atoms with van der Waals surface area (Å²) < 4.78 is 27.4. The highest BCUT2D eigenvalue weighted by molar-refractivity contribution is 9.10. The van der Waals surface area contributed by atoms with E-state index in [1.54, 1.807) is 30.5 Å². The normalized spacial score (nSPS) is 11.2. The van der Waals surface area contributed by atoms with Crippen molar-refractivity contribution in [2.24, 2.45) is 0 Å². The minimum atomic E-state index is -3.57. The number of hydrogen-bond donors (Lipinski definition) is 1. The maximum atomic E-state index is 12.0. The molecule has 0 aliphatic rings. The Kier molecular flexibility index (Phi) is 3.68. The van der Waals surface area contributed by atoms with E-state index in [-0.39, 0.29) is 4.90 Å². The molecule has 1 N–H and O–H groups in total. The number of pyridine rings is 1.